The number of carbonyl (C=O) groups excluding carboxylic acids is 1. The lowest BCUT2D eigenvalue weighted by Gasteiger charge is -2.16. The van der Waals surface area contributed by atoms with E-state index in [1.165, 1.54) is 16.5 Å². The van der Waals surface area contributed by atoms with Crippen molar-refractivity contribution in [2.24, 2.45) is 12.8 Å². The first-order valence-electron chi connectivity index (χ1n) is 6.60. The monoisotopic (exact) mass is 259 g/mol. The highest BCUT2D eigenvalue weighted by Crippen LogP contribution is 2.21. The molecule has 0 atom stereocenters. The van der Waals surface area contributed by atoms with Crippen LogP contribution in [0.2, 0.25) is 0 Å². The molecule has 1 aromatic heterocycles. The maximum Gasteiger partial charge on any atom is 0.222 e. The molecule has 0 bridgehead atoms. The summed E-state index contributed by atoms with van der Waals surface area (Å²) in [5.74, 6) is 0.151. The molecule has 0 saturated carbocycles. The fourth-order valence-electron chi connectivity index (χ4n) is 2.34. The number of fused-ring (bicyclic) bond motifs is 1. The normalized spacial score (nSPS) is 10.9. The number of aryl methyl sites for hydroxylation is 1. The first-order chi connectivity index (χ1) is 9.13. The van der Waals surface area contributed by atoms with Gasteiger partial charge in [0.05, 0.1) is 0 Å². The summed E-state index contributed by atoms with van der Waals surface area (Å²) >= 11 is 0. The molecule has 0 unspecified atom stereocenters. The van der Waals surface area contributed by atoms with Crippen LogP contribution in [0.25, 0.3) is 10.9 Å². The quantitative estimate of drug-likeness (QED) is 0.891. The summed E-state index contributed by atoms with van der Waals surface area (Å²) in [6, 6.07) is 8.25. The van der Waals surface area contributed by atoms with Crippen molar-refractivity contribution in [3.05, 3.63) is 36.0 Å². The molecular formula is C15H21N3O. The number of hydrogen-bond acceptors (Lipinski definition) is 2. The van der Waals surface area contributed by atoms with Gasteiger partial charge in [-0.3, -0.25) is 4.79 Å². The number of para-hydroxylation sites is 1. The highest BCUT2D eigenvalue weighted by atomic mass is 16.2. The predicted octanol–water partition coefficient (Wildman–Crippen LogP) is 1.88. The van der Waals surface area contributed by atoms with Crippen molar-refractivity contribution in [2.45, 2.75) is 19.4 Å². The van der Waals surface area contributed by atoms with Crippen molar-refractivity contribution < 1.29 is 4.79 Å². The van der Waals surface area contributed by atoms with E-state index in [0.717, 1.165) is 6.42 Å². The van der Waals surface area contributed by atoms with E-state index in [2.05, 4.69) is 22.9 Å². The zero-order chi connectivity index (χ0) is 13.8. The molecule has 0 fully saturated rings. The van der Waals surface area contributed by atoms with Gasteiger partial charge in [-0.2, -0.15) is 0 Å². The highest BCUT2D eigenvalue weighted by molar-refractivity contribution is 5.84. The number of hydrogen-bond donors (Lipinski definition) is 1. The molecule has 0 spiro atoms. The maximum absolute atomic E-state index is 11.9. The summed E-state index contributed by atoms with van der Waals surface area (Å²) in [6.45, 7) is 1.21. The van der Waals surface area contributed by atoms with Crippen LogP contribution >= 0.6 is 0 Å². The highest BCUT2D eigenvalue weighted by Gasteiger charge is 2.12. The first-order valence-corrected chi connectivity index (χ1v) is 6.60. The summed E-state index contributed by atoms with van der Waals surface area (Å²) in [6.07, 6.45) is 3.37. The molecule has 0 radical (unpaired) electrons. The van der Waals surface area contributed by atoms with Crippen LogP contribution in [0.15, 0.2) is 30.5 Å². The maximum atomic E-state index is 11.9. The Morgan fingerprint density at radius 3 is 2.84 bits per heavy atom. The number of benzene rings is 1. The Morgan fingerprint density at radius 2 is 2.11 bits per heavy atom. The van der Waals surface area contributed by atoms with Gasteiger partial charge in [0.25, 0.3) is 0 Å². The van der Waals surface area contributed by atoms with Gasteiger partial charge < -0.3 is 15.2 Å². The molecule has 0 aliphatic carbocycles. The number of carbonyl (C=O) groups is 1. The zero-order valence-corrected chi connectivity index (χ0v) is 11.6. The van der Waals surface area contributed by atoms with E-state index < -0.39 is 0 Å². The minimum atomic E-state index is 0.151. The van der Waals surface area contributed by atoms with E-state index >= 15 is 0 Å². The van der Waals surface area contributed by atoms with E-state index in [-0.39, 0.29) is 5.91 Å². The lowest BCUT2D eigenvalue weighted by molar-refractivity contribution is -0.130. The second kappa shape index (κ2) is 5.89. The molecule has 19 heavy (non-hydrogen) atoms. The van der Waals surface area contributed by atoms with Gasteiger partial charge in [-0.15, -0.1) is 0 Å². The third kappa shape index (κ3) is 2.96. The van der Waals surface area contributed by atoms with Gasteiger partial charge in [-0.25, -0.2) is 0 Å². The largest absolute Gasteiger partial charge is 0.350 e. The Hall–Kier alpha value is -1.81. The molecule has 1 amide bonds. The van der Waals surface area contributed by atoms with E-state index in [1.54, 1.807) is 4.90 Å². The molecule has 0 aliphatic heterocycles. The van der Waals surface area contributed by atoms with Crippen molar-refractivity contribution >= 4 is 16.8 Å². The van der Waals surface area contributed by atoms with Gasteiger partial charge >= 0.3 is 0 Å². The molecule has 4 nitrogen and oxygen atoms in total. The Bertz CT molecular complexity index is 574. The van der Waals surface area contributed by atoms with Crippen LogP contribution in [0.3, 0.4) is 0 Å². The van der Waals surface area contributed by atoms with Crippen LogP contribution in [0.1, 0.15) is 18.4 Å². The molecular weight excluding hydrogens is 238 g/mol. The predicted molar refractivity (Wildman–Crippen MR) is 77.7 cm³/mol. The van der Waals surface area contributed by atoms with Crippen LogP contribution in [-0.2, 0) is 18.4 Å². The van der Waals surface area contributed by atoms with Gasteiger partial charge in [0.2, 0.25) is 5.91 Å². The third-order valence-corrected chi connectivity index (χ3v) is 3.41. The van der Waals surface area contributed by atoms with Gasteiger partial charge in [0.15, 0.2) is 0 Å². The molecule has 2 N–H and O–H groups in total. The van der Waals surface area contributed by atoms with Crippen LogP contribution < -0.4 is 5.73 Å². The van der Waals surface area contributed by atoms with Crippen molar-refractivity contribution in [1.82, 2.24) is 9.47 Å². The van der Waals surface area contributed by atoms with Crippen LogP contribution in [0.4, 0.5) is 0 Å². The Balaban J connectivity index is 2.15. The van der Waals surface area contributed by atoms with E-state index in [1.807, 2.05) is 26.2 Å². The van der Waals surface area contributed by atoms with Crippen molar-refractivity contribution in [2.75, 3.05) is 13.6 Å². The van der Waals surface area contributed by atoms with Gasteiger partial charge in [-0.1, -0.05) is 18.2 Å². The summed E-state index contributed by atoms with van der Waals surface area (Å²) in [5.41, 5.74) is 7.81. The fraction of sp³-hybridized carbons (Fsp3) is 0.400. The van der Waals surface area contributed by atoms with E-state index in [4.69, 9.17) is 5.73 Å². The number of aromatic nitrogens is 1. The minimum Gasteiger partial charge on any atom is -0.350 e. The third-order valence-electron chi connectivity index (χ3n) is 3.41. The number of nitrogens with two attached hydrogens (primary N) is 1. The van der Waals surface area contributed by atoms with Gasteiger partial charge in [-0.05, 0) is 24.6 Å². The Morgan fingerprint density at radius 1 is 1.37 bits per heavy atom. The minimum absolute atomic E-state index is 0.151. The second-order valence-electron chi connectivity index (χ2n) is 4.92. The molecule has 1 aromatic carbocycles. The smallest absolute Gasteiger partial charge is 0.222 e. The topological polar surface area (TPSA) is 51.3 Å². The summed E-state index contributed by atoms with van der Waals surface area (Å²) in [5, 5.41) is 1.21. The van der Waals surface area contributed by atoms with E-state index in [9.17, 15) is 4.79 Å². The van der Waals surface area contributed by atoms with Crippen molar-refractivity contribution in [3.8, 4) is 0 Å². The Kier molecular flexibility index (Phi) is 4.22. The molecule has 0 aliphatic rings. The molecule has 4 heteroatoms. The van der Waals surface area contributed by atoms with Crippen LogP contribution in [-0.4, -0.2) is 29.0 Å². The van der Waals surface area contributed by atoms with Gasteiger partial charge in [0.1, 0.15) is 0 Å². The molecule has 2 rings (SSSR count). The van der Waals surface area contributed by atoms with E-state index in [0.29, 0.717) is 19.5 Å². The average Bonchev–Trinajstić information content (AvgIpc) is 2.73. The molecule has 0 saturated heterocycles. The Labute approximate surface area is 113 Å². The molecule has 1 heterocycles. The zero-order valence-electron chi connectivity index (χ0n) is 11.6. The number of rotatable bonds is 5. The first kappa shape index (κ1) is 13.6. The van der Waals surface area contributed by atoms with Crippen molar-refractivity contribution in [3.63, 3.8) is 0 Å². The van der Waals surface area contributed by atoms with Gasteiger partial charge in [0, 0.05) is 44.2 Å². The summed E-state index contributed by atoms with van der Waals surface area (Å²) in [7, 11) is 3.88. The standard InChI is InChI=1S/C15H21N3O/c1-17-10-12(13-6-3-4-7-14(13)17)11-18(2)15(19)8-5-9-16/h3-4,6-7,10H,5,8-9,11,16H2,1-2H3. The van der Waals surface area contributed by atoms with Crippen molar-refractivity contribution in [1.29, 1.82) is 0 Å². The van der Waals surface area contributed by atoms with Crippen LogP contribution in [0, 0.1) is 0 Å². The fourth-order valence-corrected chi connectivity index (χ4v) is 2.34. The summed E-state index contributed by atoms with van der Waals surface area (Å²) in [4.78, 5) is 13.7. The lowest BCUT2D eigenvalue weighted by atomic mass is 10.1. The molecule has 102 valence electrons. The SMILES string of the molecule is CN(Cc1cn(C)c2ccccc12)C(=O)CCCN. The average molecular weight is 259 g/mol. The number of amides is 1. The molecule has 2 aromatic rings. The second-order valence-corrected chi connectivity index (χ2v) is 4.92. The summed E-state index contributed by atoms with van der Waals surface area (Å²) < 4.78 is 2.10. The lowest BCUT2D eigenvalue weighted by Crippen LogP contribution is -2.26. The number of nitrogens with zero attached hydrogens (tertiary/aromatic N) is 2. The van der Waals surface area contributed by atoms with Crippen LogP contribution in [0.5, 0.6) is 0 Å².